The number of primary amides is 2. The van der Waals surface area contributed by atoms with Crippen molar-refractivity contribution >= 4 is 86.6 Å². The fourth-order valence-corrected chi connectivity index (χ4v) is 9.68. The van der Waals surface area contributed by atoms with E-state index in [1.165, 1.54) is 11.8 Å². The lowest BCUT2D eigenvalue weighted by molar-refractivity contribution is -0.142. The van der Waals surface area contributed by atoms with Crippen molar-refractivity contribution in [3.8, 4) is 5.75 Å². The van der Waals surface area contributed by atoms with Crippen LogP contribution in [-0.4, -0.2) is 168 Å². The molecule has 0 radical (unpaired) electrons. The predicted octanol–water partition coefficient (Wildman–Crippen LogP) is -3.93. The molecule has 15 N–H and O–H groups in total. The first-order valence-corrected chi connectivity index (χ1v) is 26.2. The van der Waals surface area contributed by atoms with E-state index in [1.807, 2.05) is 6.92 Å². The second-order valence-corrected chi connectivity index (χ2v) is 19.9. The number of benzene rings is 1. The van der Waals surface area contributed by atoms with E-state index in [-0.39, 0.29) is 56.7 Å². The molecule has 0 bridgehead atoms. The number of hydrogen-bond acceptors (Lipinski definition) is 16. The van der Waals surface area contributed by atoms with Crippen LogP contribution < -0.4 is 64.5 Å². The van der Waals surface area contributed by atoms with Crippen molar-refractivity contribution < 1.29 is 62.6 Å². The number of nitrogens with zero attached hydrogens (tertiary/aromatic N) is 1. The van der Waals surface area contributed by atoms with Gasteiger partial charge in [0.15, 0.2) is 0 Å². The van der Waals surface area contributed by atoms with Gasteiger partial charge in [-0.25, -0.2) is 0 Å². The van der Waals surface area contributed by atoms with E-state index in [4.69, 9.17) is 21.9 Å². The van der Waals surface area contributed by atoms with Crippen molar-refractivity contribution in [1.29, 1.82) is 0 Å². The van der Waals surface area contributed by atoms with Gasteiger partial charge in [-0.2, -0.15) is 0 Å². The van der Waals surface area contributed by atoms with E-state index in [9.17, 15) is 57.8 Å². The standard InChI is InChI=1S/C45H70N12O13S2/c1-5-24(3)37-43(67)56-38(25(4)58)44(68)53-30(20-33(47)59)40(64)54-31(23-72-71-18-15-35(61)51-29(41(65)55-37)19-26-11-13-27(14-12-26)70-6-2)45(69)57-17-8-10-32(57)42(66)52-28(9-7-16-46)39(63)50-22-36(62)49-21-34(48)60/h11-14,24-25,28-32,37-38,58H,5-10,15-23,46H2,1-4H3,(H2,47,59)(H2,48,60)(H,49,62)(H,50,63)(H,51,61)(H,52,66)(H,53,68)(H,54,64)(H,55,65)(H,56,67)/t24-,25-,28+,29-,30+,31+,32-,37+,38+/m1/s1. The minimum atomic E-state index is -1.75. The summed E-state index contributed by atoms with van der Waals surface area (Å²) in [6.07, 6.45) is -1.28. The Hall–Kier alpha value is -6.19. The average molecular weight is 1050 g/mol. The summed E-state index contributed by atoms with van der Waals surface area (Å²) in [5, 5.41) is 30.9. The summed E-state index contributed by atoms with van der Waals surface area (Å²) in [7, 11) is 2.24. The highest BCUT2D eigenvalue weighted by atomic mass is 33.1. The minimum absolute atomic E-state index is 0.0135. The number of aliphatic hydroxyl groups is 1. The van der Waals surface area contributed by atoms with Gasteiger partial charge in [0, 0.05) is 30.9 Å². The van der Waals surface area contributed by atoms with Gasteiger partial charge < -0.3 is 74.5 Å². The van der Waals surface area contributed by atoms with Gasteiger partial charge in [0.1, 0.15) is 48.0 Å². The molecule has 2 fully saturated rings. The molecule has 72 heavy (non-hydrogen) atoms. The smallest absolute Gasteiger partial charge is 0.246 e. The normalized spacial score (nSPS) is 23.0. The summed E-state index contributed by atoms with van der Waals surface area (Å²) in [5.74, 6) is -9.03. The van der Waals surface area contributed by atoms with Crippen LogP contribution in [-0.2, 0) is 59.2 Å². The number of nitrogens with one attached hydrogen (secondary N) is 8. The van der Waals surface area contributed by atoms with Gasteiger partial charge in [0.25, 0.3) is 0 Å². The summed E-state index contributed by atoms with van der Waals surface area (Å²) in [6.45, 7) is 6.10. The molecular weight excluding hydrogens is 981 g/mol. The van der Waals surface area contributed by atoms with E-state index in [0.717, 1.165) is 21.6 Å². The van der Waals surface area contributed by atoms with Crippen LogP contribution in [0.15, 0.2) is 24.3 Å². The van der Waals surface area contributed by atoms with Crippen LogP contribution in [0.1, 0.15) is 78.2 Å². The fraction of sp³-hybridized carbons (Fsp3) is 0.622. The third-order valence-electron chi connectivity index (χ3n) is 11.6. The quantitative estimate of drug-likeness (QED) is 0.0555. The Kier molecular flexibility index (Phi) is 25.6. The molecule has 0 saturated carbocycles. The highest BCUT2D eigenvalue weighted by Gasteiger charge is 2.41. The monoisotopic (exact) mass is 1050 g/mol. The molecule has 3 rings (SSSR count). The molecule has 2 aliphatic heterocycles. The number of nitrogens with two attached hydrogens (primary N) is 3. The predicted molar refractivity (Wildman–Crippen MR) is 266 cm³/mol. The maximum atomic E-state index is 14.5. The second kappa shape index (κ2) is 30.6. The van der Waals surface area contributed by atoms with Gasteiger partial charge in [-0.05, 0) is 69.7 Å². The lowest BCUT2D eigenvalue weighted by atomic mass is 9.96. The Bertz CT molecular complexity index is 2090. The maximum Gasteiger partial charge on any atom is 0.246 e. The summed E-state index contributed by atoms with van der Waals surface area (Å²) in [5.41, 5.74) is 16.9. The van der Waals surface area contributed by atoms with Gasteiger partial charge >= 0.3 is 0 Å². The van der Waals surface area contributed by atoms with Crippen molar-refractivity contribution in [3.63, 3.8) is 0 Å². The lowest BCUT2D eigenvalue weighted by Crippen LogP contribution is -2.63. The van der Waals surface area contributed by atoms with Gasteiger partial charge in [-0.15, -0.1) is 0 Å². The van der Waals surface area contributed by atoms with Crippen LogP contribution in [0.2, 0.25) is 0 Å². The second-order valence-electron chi connectivity index (χ2n) is 17.3. The Balaban J connectivity index is 1.96. The molecule has 1 aromatic carbocycles. The van der Waals surface area contributed by atoms with Crippen LogP contribution in [0.5, 0.6) is 5.75 Å². The number of amides is 11. The van der Waals surface area contributed by atoms with Crippen LogP contribution >= 0.6 is 21.6 Å². The Morgan fingerprint density at radius 1 is 0.833 bits per heavy atom. The molecule has 11 amide bonds. The topological polar surface area (TPSA) is 395 Å². The van der Waals surface area contributed by atoms with E-state index >= 15 is 0 Å². The highest BCUT2D eigenvalue weighted by Crippen LogP contribution is 2.26. The van der Waals surface area contributed by atoms with Gasteiger partial charge in [0.05, 0.1) is 32.2 Å². The number of carbonyl (C=O) groups is 11. The van der Waals surface area contributed by atoms with Gasteiger partial charge in [-0.1, -0.05) is 54.0 Å². The first-order valence-electron chi connectivity index (χ1n) is 23.8. The zero-order chi connectivity index (χ0) is 53.5. The SMILES string of the molecule is CCOc1ccc(C[C@H]2NC(=O)CCSSC[C@@H](C(=O)N3CCC[C@@H]3C(=O)N[C@@H](CCCN)C(=O)NCC(=O)NCC(N)=O)NC(=O)[C@H](CC(N)=O)NC(=O)[C@H]([C@@H](C)O)NC(=O)[C@H]([C@H](C)CC)NC2=O)cc1. The number of ether oxygens (including phenoxy) is 1. The molecule has 25 nitrogen and oxygen atoms in total. The molecule has 27 heteroatoms. The molecule has 0 aliphatic carbocycles. The molecule has 0 aromatic heterocycles. The van der Waals surface area contributed by atoms with Crippen LogP contribution in [0, 0.1) is 5.92 Å². The molecule has 2 aliphatic rings. The third-order valence-corrected chi connectivity index (χ3v) is 14.0. The largest absolute Gasteiger partial charge is 0.494 e. The first kappa shape index (κ1) is 60.1. The summed E-state index contributed by atoms with van der Waals surface area (Å²) >= 11 is 0. The molecule has 1 aromatic rings. The van der Waals surface area contributed by atoms with E-state index in [2.05, 4.69) is 42.5 Å². The van der Waals surface area contributed by atoms with Gasteiger partial charge in [0.2, 0.25) is 65.0 Å². The highest BCUT2D eigenvalue weighted by molar-refractivity contribution is 8.76. The zero-order valence-electron chi connectivity index (χ0n) is 41.0. The Labute approximate surface area is 425 Å². The van der Waals surface area contributed by atoms with E-state index < -0.39 is 139 Å². The van der Waals surface area contributed by atoms with Crippen LogP contribution in [0.25, 0.3) is 0 Å². The van der Waals surface area contributed by atoms with Crippen molar-refractivity contribution in [3.05, 3.63) is 29.8 Å². The maximum absolute atomic E-state index is 14.5. The fourth-order valence-electron chi connectivity index (χ4n) is 7.53. The van der Waals surface area contributed by atoms with E-state index in [1.54, 1.807) is 38.1 Å². The summed E-state index contributed by atoms with van der Waals surface area (Å²) in [4.78, 5) is 148. The number of aliphatic hydroxyl groups excluding tert-OH is 1. The van der Waals surface area contributed by atoms with Crippen molar-refractivity contribution in [2.24, 2.45) is 23.1 Å². The molecule has 2 saturated heterocycles. The van der Waals surface area contributed by atoms with Crippen molar-refractivity contribution in [1.82, 2.24) is 47.4 Å². The number of hydrogen-bond donors (Lipinski definition) is 12. The van der Waals surface area contributed by atoms with Crippen LogP contribution in [0.4, 0.5) is 0 Å². The van der Waals surface area contributed by atoms with Crippen molar-refractivity contribution in [2.75, 3.05) is 44.3 Å². The minimum Gasteiger partial charge on any atom is -0.494 e. The number of carbonyl (C=O) groups excluding carboxylic acids is 11. The summed E-state index contributed by atoms with van der Waals surface area (Å²) < 4.78 is 5.54. The number of rotatable bonds is 20. The molecule has 2 heterocycles. The lowest BCUT2D eigenvalue weighted by Gasteiger charge is -2.31. The molecular formula is C45H70N12O13S2. The van der Waals surface area contributed by atoms with E-state index in [0.29, 0.717) is 30.8 Å². The molecule has 400 valence electrons. The molecule has 0 spiro atoms. The number of likely N-dealkylation sites (tertiary alicyclic amines) is 1. The van der Waals surface area contributed by atoms with Crippen LogP contribution in [0.3, 0.4) is 0 Å². The van der Waals surface area contributed by atoms with Crippen molar-refractivity contribution in [2.45, 2.75) is 127 Å². The Morgan fingerprint density at radius 3 is 2.12 bits per heavy atom. The Morgan fingerprint density at radius 2 is 1.50 bits per heavy atom. The molecule has 9 atom stereocenters. The molecule has 0 unspecified atom stereocenters. The zero-order valence-corrected chi connectivity index (χ0v) is 42.6. The average Bonchev–Trinajstić information content (AvgIpc) is 3.83. The first-order chi connectivity index (χ1) is 34.2. The summed E-state index contributed by atoms with van der Waals surface area (Å²) in [6, 6.07) is -2.84. The third kappa shape index (κ3) is 19.8. The van der Waals surface area contributed by atoms with Gasteiger partial charge in [-0.3, -0.25) is 52.7 Å².